The van der Waals surface area contributed by atoms with Gasteiger partial charge in [-0.15, -0.1) is 0 Å². The summed E-state index contributed by atoms with van der Waals surface area (Å²) in [4.78, 5) is 10.8. The highest BCUT2D eigenvalue weighted by atomic mass is 32.3. The number of sulfonamides is 1. The van der Waals surface area contributed by atoms with E-state index in [0.717, 1.165) is 6.26 Å². The fraction of sp³-hybridized carbons (Fsp3) is 0.300. The van der Waals surface area contributed by atoms with Crippen molar-refractivity contribution in [2.45, 2.75) is 0 Å². The molecule has 0 unspecified atom stereocenters. The second-order valence-corrected chi connectivity index (χ2v) is 8.47. The van der Waals surface area contributed by atoms with Gasteiger partial charge >= 0.3 is 5.97 Å². The molecule has 0 fully saturated rings. The maximum absolute atomic E-state index is 12.0. The van der Waals surface area contributed by atoms with Crippen molar-refractivity contribution in [2.75, 3.05) is 22.2 Å². The molecule has 1 rings (SSSR count). The quantitative estimate of drug-likeness (QED) is 0.729. The Balaban J connectivity index is 3.25. The summed E-state index contributed by atoms with van der Waals surface area (Å²) in [7, 11) is -8.21. The summed E-state index contributed by atoms with van der Waals surface area (Å²) in [5, 5.41) is 16.7. The molecular weight excluding hydrogens is 310 g/mol. The van der Waals surface area contributed by atoms with Crippen LogP contribution in [0.1, 0.15) is 0 Å². The predicted octanol–water partition coefficient (Wildman–Crippen LogP) is -0.385. The van der Waals surface area contributed by atoms with Gasteiger partial charge in [-0.2, -0.15) is 0 Å². The number of phenols is 1. The van der Waals surface area contributed by atoms with Gasteiger partial charge in [-0.25, -0.2) is 16.8 Å². The molecule has 0 aliphatic rings. The van der Waals surface area contributed by atoms with E-state index in [2.05, 4.69) is 0 Å². The Morgan fingerprint density at radius 3 is 2.05 bits per heavy atom. The van der Waals surface area contributed by atoms with Gasteiger partial charge in [0.15, 0.2) is 14.9 Å². The van der Waals surface area contributed by atoms with Crippen LogP contribution in [0.25, 0.3) is 0 Å². The zero-order valence-corrected chi connectivity index (χ0v) is 12.1. The molecule has 10 heteroatoms. The average Bonchev–Trinajstić information content (AvgIpc) is 2.23. The molecule has 0 saturated carbocycles. The first-order valence-corrected chi connectivity index (χ1v) is 8.87. The Morgan fingerprint density at radius 2 is 1.65 bits per heavy atom. The van der Waals surface area contributed by atoms with E-state index in [4.69, 9.17) is 10.2 Å². The second kappa shape index (κ2) is 5.67. The van der Waals surface area contributed by atoms with Crippen molar-refractivity contribution < 1.29 is 31.8 Å². The molecule has 112 valence electrons. The molecule has 0 aliphatic carbocycles. The molecule has 0 bridgehead atoms. The summed E-state index contributed by atoms with van der Waals surface area (Å²) >= 11 is 0. The smallest absolute Gasteiger partial charge is 0.324 e. The Morgan fingerprint density at radius 1 is 1.15 bits per heavy atom. The molecule has 1 aromatic rings. The van der Waals surface area contributed by atoms with Crippen LogP contribution in [0.4, 0.5) is 5.69 Å². The average molecular weight is 323 g/mol. The van der Waals surface area contributed by atoms with Crippen molar-refractivity contribution in [3.63, 3.8) is 0 Å². The van der Waals surface area contributed by atoms with Crippen LogP contribution < -0.4 is 4.31 Å². The zero-order chi connectivity index (χ0) is 15.6. The minimum absolute atomic E-state index is 0.0474. The van der Waals surface area contributed by atoms with E-state index in [-0.39, 0.29) is 11.4 Å². The first kappa shape index (κ1) is 16.2. The van der Waals surface area contributed by atoms with E-state index in [9.17, 15) is 21.6 Å². The van der Waals surface area contributed by atoms with E-state index in [0.29, 0.717) is 4.31 Å². The van der Waals surface area contributed by atoms with Gasteiger partial charge in [0.2, 0.25) is 10.0 Å². The van der Waals surface area contributed by atoms with Crippen LogP contribution in [0, 0.1) is 0 Å². The molecule has 8 nitrogen and oxygen atoms in total. The molecule has 0 amide bonds. The number of rotatable bonds is 6. The lowest BCUT2D eigenvalue weighted by Gasteiger charge is -2.22. The lowest BCUT2D eigenvalue weighted by atomic mass is 10.3. The summed E-state index contributed by atoms with van der Waals surface area (Å²) in [6.45, 7) is -0.914. The molecule has 0 aromatic heterocycles. The van der Waals surface area contributed by atoms with Gasteiger partial charge in [-0.05, 0) is 24.3 Å². The molecule has 0 radical (unpaired) electrons. The molecular formula is C10H13NO7S2. The summed E-state index contributed by atoms with van der Waals surface area (Å²) in [5.74, 6) is -1.57. The maximum atomic E-state index is 12.0. The highest BCUT2D eigenvalue weighted by Crippen LogP contribution is 2.21. The van der Waals surface area contributed by atoms with Crippen LogP contribution in [0.2, 0.25) is 0 Å². The Kier molecular flexibility index (Phi) is 4.61. The molecule has 1 aromatic carbocycles. The van der Waals surface area contributed by atoms with E-state index >= 15 is 0 Å². The minimum atomic E-state index is -4.36. The predicted molar refractivity (Wildman–Crippen MR) is 71.7 cm³/mol. The molecule has 0 atom stereocenters. The number of carboxylic acid groups (broad SMARTS) is 1. The lowest BCUT2D eigenvalue weighted by Crippen LogP contribution is -2.39. The summed E-state index contributed by atoms with van der Waals surface area (Å²) in [6.07, 6.45) is 0.736. The molecule has 0 saturated heterocycles. The van der Waals surface area contributed by atoms with Crippen LogP contribution >= 0.6 is 0 Å². The molecule has 0 heterocycles. The van der Waals surface area contributed by atoms with Gasteiger partial charge in [0, 0.05) is 6.26 Å². The molecule has 0 spiro atoms. The number of carboxylic acids is 1. The van der Waals surface area contributed by atoms with Crippen molar-refractivity contribution in [2.24, 2.45) is 0 Å². The number of sulfone groups is 1. The fourth-order valence-electron chi connectivity index (χ4n) is 1.43. The van der Waals surface area contributed by atoms with Crippen molar-refractivity contribution in [1.82, 2.24) is 0 Å². The van der Waals surface area contributed by atoms with Crippen LogP contribution in [0.15, 0.2) is 24.3 Å². The first-order chi connectivity index (χ1) is 9.01. The number of hydrogen-bond donors (Lipinski definition) is 2. The summed E-state index contributed by atoms with van der Waals surface area (Å²) < 4.78 is 46.7. The van der Waals surface area contributed by atoms with Crippen molar-refractivity contribution >= 4 is 31.5 Å². The van der Waals surface area contributed by atoms with E-state index < -0.39 is 37.5 Å². The second-order valence-electron chi connectivity index (χ2n) is 4.07. The number of benzene rings is 1. The van der Waals surface area contributed by atoms with Gasteiger partial charge in [0.05, 0.1) is 5.69 Å². The van der Waals surface area contributed by atoms with Gasteiger partial charge in [-0.1, -0.05) is 0 Å². The summed E-state index contributed by atoms with van der Waals surface area (Å²) in [5.41, 5.74) is -0.0474. The Labute approximate surface area is 116 Å². The van der Waals surface area contributed by atoms with Crippen molar-refractivity contribution in [1.29, 1.82) is 0 Å². The fourth-order valence-corrected chi connectivity index (χ4v) is 4.85. The number of aromatic hydroxyl groups is 1. The normalized spacial score (nSPS) is 12.1. The Hall–Kier alpha value is -1.81. The third-order valence-electron chi connectivity index (χ3n) is 2.12. The van der Waals surface area contributed by atoms with Crippen LogP contribution in [0.3, 0.4) is 0 Å². The molecule has 0 aliphatic heterocycles. The van der Waals surface area contributed by atoms with E-state index in [1.807, 2.05) is 0 Å². The number of phenolic OH excluding ortho intramolecular Hbond substituents is 1. The summed E-state index contributed by atoms with van der Waals surface area (Å²) in [6, 6.07) is 4.69. The van der Waals surface area contributed by atoms with Crippen LogP contribution in [-0.4, -0.2) is 50.9 Å². The van der Waals surface area contributed by atoms with Gasteiger partial charge in [-0.3, -0.25) is 9.10 Å². The topological polar surface area (TPSA) is 129 Å². The third-order valence-corrected chi connectivity index (χ3v) is 6.03. The van der Waals surface area contributed by atoms with Crippen LogP contribution in [-0.2, 0) is 24.7 Å². The van der Waals surface area contributed by atoms with Crippen molar-refractivity contribution in [3.8, 4) is 5.75 Å². The third kappa shape index (κ3) is 4.70. The van der Waals surface area contributed by atoms with Gasteiger partial charge in [0.25, 0.3) is 0 Å². The monoisotopic (exact) mass is 323 g/mol. The molecule has 2 N–H and O–H groups in total. The SMILES string of the molecule is CS(=O)(=O)CS(=O)(=O)N(CC(=O)O)c1ccc(O)cc1. The highest BCUT2D eigenvalue weighted by molar-refractivity contribution is 8.08. The number of carbonyl (C=O) groups is 1. The van der Waals surface area contributed by atoms with E-state index in [1.54, 1.807) is 0 Å². The number of hydrogen-bond acceptors (Lipinski definition) is 6. The van der Waals surface area contributed by atoms with E-state index in [1.165, 1.54) is 24.3 Å². The highest BCUT2D eigenvalue weighted by Gasteiger charge is 2.28. The van der Waals surface area contributed by atoms with Gasteiger partial charge in [0.1, 0.15) is 12.3 Å². The largest absolute Gasteiger partial charge is 0.508 e. The first-order valence-electron chi connectivity index (χ1n) is 5.20. The Bertz CT molecular complexity index is 692. The van der Waals surface area contributed by atoms with Gasteiger partial charge < -0.3 is 10.2 Å². The number of anilines is 1. The zero-order valence-electron chi connectivity index (χ0n) is 10.4. The molecule has 20 heavy (non-hydrogen) atoms. The maximum Gasteiger partial charge on any atom is 0.324 e. The standard InChI is InChI=1S/C10H13NO7S2/c1-19(15,16)7-20(17,18)11(6-10(13)14)8-2-4-9(12)5-3-8/h2-5,12H,6-7H2,1H3,(H,13,14). The minimum Gasteiger partial charge on any atom is -0.508 e. The van der Waals surface area contributed by atoms with Crippen LogP contribution in [0.5, 0.6) is 5.75 Å². The van der Waals surface area contributed by atoms with Crippen molar-refractivity contribution in [3.05, 3.63) is 24.3 Å². The lowest BCUT2D eigenvalue weighted by molar-refractivity contribution is -0.135. The number of aliphatic carboxylic acids is 1. The number of nitrogens with zero attached hydrogens (tertiary/aromatic N) is 1.